The van der Waals surface area contributed by atoms with E-state index in [1.54, 1.807) is 24.4 Å². The molecule has 1 aromatic carbocycles. The summed E-state index contributed by atoms with van der Waals surface area (Å²) in [5.41, 5.74) is 1.29. The fraction of sp³-hybridized carbons (Fsp3) is 0.143. The largest absolute Gasteiger partial charge is 0.298 e. The van der Waals surface area contributed by atoms with Gasteiger partial charge in [-0.2, -0.15) is 0 Å². The van der Waals surface area contributed by atoms with Gasteiger partial charge in [0, 0.05) is 30.8 Å². The molecule has 0 saturated heterocycles. The van der Waals surface area contributed by atoms with E-state index in [1.807, 2.05) is 0 Å². The third-order valence-electron chi connectivity index (χ3n) is 2.82. The van der Waals surface area contributed by atoms with E-state index in [0.717, 1.165) is 5.56 Å². The second-order valence-corrected chi connectivity index (χ2v) is 4.04. The van der Waals surface area contributed by atoms with Crippen LogP contribution in [0.15, 0.2) is 48.3 Å². The molecule has 3 nitrogen and oxygen atoms in total. The van der Waals surface area contributed by atoms with E-state index in [0.29, 0.717) is 11.9 Å². The molecule has 0 aromatic heterocycles. The Balaban J connectivity index is 2.32. The van der Waals surface area contributed by atoms with Gasteiger partial charge in [0.25, 0.3) is 0 Å². The van der Waals surface area contributed by atoms with Gasteiger partial charge in [0.05, 0.1) is 0 Å². The predicted octanol–water partition coefficient (Wildman–Crippen LogP) is 2.37. The molecule has 0 saturated carbocycles. The van der Waals surface area contributed by atoms with E-state index in [4.69, 9.17) is 0 Å². The minimum absolute atomic E-state index is 0.164. The number of hydrogen-bond acceptors (Lipinski definition) is 2. The molecule has 92 valence electrons. The molecule has 1 aromatic rings. The first kappa shape index (κ1) is 12.2. The first-order chi connectivity index (χ1) is 8.61. The van der Waals surface area contributed by atoms with E-state index in [9.17, 15) is 14.0 Å². The second kappa shape index (κ2) is 4.96. The maximum atomic E-state index is 12.8. The summed E-state index contributed by atoms with van der Waals surface area (Å²) in [6.07, 6.45) is 5.58. The number of carbonyl (C=O) groups excluding carboxylic acids is 2. The summed E-state index contributed by atoms with van der Waals surface area (Å²) in [6.45, 7) is 1.42. The molecule has 1 heterocycles. The second-order valence-electron chi connectivity index (χ2n) is 4.04. The van der Waals surface area contributed by atoms with Gasteiger partial charge in [-0.15, -0.1) is 0 Å². The molecule has 2 rings (SSSR count). The maximum absolute atomic E-state index is 12.8. The van der Waals surface area contributed by atoms with Gasteiger partial charge in [0.2, 0.25) is 5.91 Å². The number of rotatable bonds is 2. The summed E-state index contributed by atoms with van der Waals surface area (Å²) in [7, 11) is 0. The molecule has 1 amide bonds. The van der Waals surface area contributed by atoms with Crippen LogP contribution in [0.4, 0.5) is 4.39 Å². The average Bonchev–Trinajstić information content (AvgIpc) is 2.39. The van der Waals surface area contributed by atoms with Crippen molar-refractivity contribution in [3.8, 4) is 0 Å². The van der Waals surface area contributed by atoms with Gasteiger partial charge in [-0.1, -0.05) is 18.2 Å². The fourth-order valence-corrected chi connectivity index (χ4v) is 1.85. The lowest BCUT2D eigenvalue weighted by atomic mass is 9.90. The summed E-state index contributed by atoms with van der Waals surface area (Å²) >= 11 is 0. The third kappa shape index (κ3) is 2.37. The van der Waals surface area contributed by atoms with Crippen molar-refractivity contribution in [1.82, 2.24) is 4.90 Å². The lowest BCUT2D eigenvalue weighted by Crippen LogP contribution is -2.21. The van der Waals surface area contributed by atoms with Crippen LogP contribution in [0.5, 0.6) is 0 Å². The van der Waals surface area contributed by atoms with Crippen molar-refractivity contribution in [3.63, 3.8) is 0 Å². The Hall–Kier alpha value is -2.23. The molecule has 4 heteroatoms. The van der Waals surface area contributed by atoms with Crippen molar-refractivity contribution in [2.45, 2.75) is 12.8 Å². The molecular weight excluding hydrogens is 233 g/mol. The Morgan fingerprint density at radius 3 is 2.56 bits per heavy atom. The average molecular weight is 245 g/mol. The van der Waals surface area contributed by atoms with Crippen LogP contribution in [0.3, 0.4) is 0 Å². The Labute approximate surface area is 104 Å². The molecule has 1 aliphatic rings. The normalized spacial score (nSPS) is 18.4. The SMILES string of the molecule is CC(=O)N1C=C[C@H](c2ccc(F)cc2)C(C=O)=C1. The van der Waals surface area contributed by atoms with Gasteiger partial charge in [-0.25, -0.2) is 4.39 Å². The van der Waals surface area contributed by atoms with Crippen molar-refractivity contribution in [2.75, 3.05) is 0 Å². The molecular formula is C14H12FNO2. The number of carbonyl (C=O) groups is 2. The van der Waals surface area contributed by atoms with E-state index in [1.165, 1.54) is 30.2 Å². The van der Waals surface area contributed by atoms with Crippen LogP contribution in [0, 0.1) is 5.82 Å². The van der Waals surface area contributed by atoms with E-state index in [-0.39, 0.29) is 17.6 Å². The van der Waals surface area contributed by atoms with Crippen LogP contribution in [0.1, 0.15) is 18.4 Å². The maximum Gasteiger partial charge on any atom is 0.227 e. The minimum atomic E-state index is -0.319. The zero-order valence-corrected chi connectivity index (χ0v) is 9.84. The molecule has 0 spiro atoms. The highest BCUT2D eigenvalue weighted by Gasteiger charge is 2.19. The van der Waals surface area contributed by atoms with E-state index < -0.39 is 0 Å². The molecule has 1 aliphatic heterocycles. The topological polar surface area (TPSA) is 37.4 Å². The smallest absolute Gasteiger partial charge is 0.227 e. The zero-order valence-electron chi connectivity index (χ0n) is 9.84. The fourth-order valence-electron chi connectivity index (χ4n) is 1.85. The van der Waals surface area contributed by atoms with Crippen molar-refractivity contribution >= 4 is 12.2 Å². The highest BCUT2D eigenvalue weighted by Crippen LogP contribution is 2.28. The first-order valence-electron chi connectivity index (χ1n) is 5.51. The lowest BCUT2D eigenvalue weighted by Gasteiger charge is -2.22. The highest BCUT2D eigenvalue weighted by atomic mass is 19.1. The molecule has 0 radical (unpaired) electrons. The predicted molar refractivity (Wildman–Crippen MR) is 64.9 cm³/mol. The summed E-state index contributed by atoms with van der Waals surface area (Å²) in [5.74, 6) is -0.720. The van der Waals surface area contributed by atoms with Crippen molar-refractivity contribution in [1.29, 1.82) is 0 Å². The van der Waals surface area contributed by atoms with Crippen LogP contribution in [0.25, 0.3) is 0 Å². The Bertz CT molecular complexity index is 531. The van der Waals surface area contributed by atoms with E-state index >= 15 is 0 Å². The molecule has 0 unspecified atom stereocenters. The Kier molecular flexibility index (Phi) is 3.37. The number of nitrogens with zero attached hydrogens (tertiary/aromatic N) is 1. The monoisotopic (exact) mass is 245 g/mol. The van der Waals surface area contributed by atoms with Crippen LogP contribution >= 0.6 is 0 Å². The minimum Gasteiger partial charge on any atom is -0.298 e. The van der Waals surface area contributed by atoms with Gasteiger partial charge in [0.1, 0.15) is 12.1 Å². The lowest BCUT2D eigenvalue weighted by molar-refractivity contribution is -0.124. The molecule has 18 heavy (non-hydrogen) atoms. The molecule has 0 bridgehead atoms. The summed E-state index contributed by atoms with van der Waals surface area (Å²) < 4.78 is 12.8. The van der Waals surface area contributed by atoms with Gasteiger partial charge in [-0.05, 0) is 17.7 Å². The Morgan fingerprint density at radius 1 is 1.33 bits per heavy atom. The quantitative estimate of drug-likeness (QED) is 0.750. The molecule has 0 fully saturated rings. The molecule has 1 atom stereocenters. The zero-order chi connectivity index (χ0) is 13.1. The van der Waals surface area contributed by atoms with E-state index in [2.05, 4.69) is 0 Å². The number of hydrogen-bond donors (Lipinski definition) is 0. The standard InChI is InChI=1S/C14H12FNO2/c1-10(18)16-7-6-14(12(8-16)9-17)11-2-4-13(15)5-3-11/h2-9,14H,1H3/t14-/m1/s1. The number of aldehydes is 1. The number of halogens is 1. The van der Waals surface area contributed by atoms with Crippen LogP contribution in [-0.4, -0.2) is 17.1 Å². The summed E-state index contributed by atoms with van der Waals surface area (Å²) in [4.78, 5) is 23.6. The van der Waals surface area contributed by atoms with Crippen LogP contribution < -0.4 is 0 Å². The van der Waals surface area contributed by atoms with Crippen LogP contribution in [-0.2, 0) is 9.59 Å². The summed E-state index contributed by atoms with van der Waals surface area (Å²) in [6, 6.07) is 5.96. The molecule has 0 aliphatic carbocycles. The van der Waals surface area contributed by atoms with Crippen LogP contribution in [0.2, 0.25) is 0 Å². The third-order valence-corrected chi connectivity index (χ3v) is 2.82. The summed E-state index contributed by atoms with van der Waals surface area (Å²) in [5, 5.41) is 0. The van der Waals surface area contributed by atoms with Crippen molar-refractivity contribution in [3.05, 3.63) is 59.7 Å². The molecule has 0 N–H and O–H groups in total. The van der Waals surface area contributed by atoms with Crippen molar-refractivity contribution < 1.29 is 14.0 Å². The van der Waals surface area contributed by atoms with Gasteiger partial charge in [-0.3, -0.25) is 14.5 Å². The van der Waals surface area contributed by atoms with Gasteiger partial charge in [0.15, 0.2) is 0 Å². The Morgan fingerprint density at radius 2 is 2.00 bits per heavy atom. The van der Waals surface area contributed by atoms with Gasteiger partial charge >= 0.3 is 0 Å². The number of benzene rings is 1. The number of amides is 1. The van der Waals surface area contributed by atoms with Crippen molar-refractivity contribution in [2.24, 2.45) is 0 Å². The first-order valence-corrected chi connectivity index (χ1v) is 5.51. The van der Waals surface area contributed by atoms with Gasteiger partial charge < -0.3 is 0 Å². The highest BCUT2D eigenvalue weighted by molar-refractivity contribution is 5.82. The number of allylic oxidation sites excluding steroid dienone is 2.